The van der Waals surface area contributed by atoms with Crippen molar-refractivity contribution in [2.24, 2.45) is 5.41 Å². The molecule has 1 saturated carbocycles. The topological polar surface area (TPSA) is 61.8 Å². The van der Waals surface area contributed by atoms with Gasteiger partial charge in [-0.25, -0.2) is 0 Å². The van der Waals surface area contributed by atoms with Gasteiger partial charge in [-0.2, -0.15) is 0 Å². The number of carbonyl (C=O) groups is 1. The van der Waals surface area contributed by atoms with E-state index in [0.29, 0.717) is 25.4 Å². The van der Waals surface area contributed by atoms with Crippen LogP contribution in [0.3, 0.4) is 0 Å². The summed E-state index contributed by atoms with van der Waals surface area (Å²) in [5, 5.41) is 0.176. The molecule has 0 N–H and O–H groups in total. The molecule has 2 heterocycles. The van der Waals surface area contributed by atoms with Gasteiger partial charge in [0.2, 0.25) is 0 Å². The SMILES string of the molecule is COC(=O)CC1(CS(=O)C2CCOC3(CCOC3)C2)CC1. The second-order valence-corrected chi connectivity index (χ2v) is 8.44. The number of hydrogen-bond donors (Lipinski definition) is 0. The zero-order valence-electron chi connectivity index (χ0n) is 12.6. The van der Waals surface area contributed by atoms with E-state index in [9.17, 15) is 9.00 Å². The molecule has 3 fully saturated rings. The molecule has 0 amide bonds. The van der Waals surface area contributed by atoms with Gasteiger partial charge in [-0.05, 0) is 31.1 Å². The highest BCUT2D eigenvalue weighted by Gasteiger charge is 2.48. The lowest BCUT2D eigenvalue weighted by Gasteiger charge is -2.37. The number of ether oxygens (including phenoxy) is 3. The van der Waals surface area contributed by atoms with Gasteiger partial charge >= 0.3 is 5.97 Å². The molecule has 2 aliphatic heterocycles. The van der Waals surface area contributed by atoms with E-state index in [1.807, 2.05) is 0 Å². The van der Waals surface area contributed by atoms with Crippen molar-refractivity contribution in [1.29, 1.82) is 0 Å². The Bertz CT molecular complexity index is 426. The fourth-order valence-corrected chi connectivity index (χ4v) is 5.50. The Labute approximate surface area is 128 Å². The highest BCUT2D eigenvalue weighted by molar-refractivity contribution is 7.85. The maximum Gasteiger partial charge on any atom is 0.306 e. The molecule has 21 heavy (non-hydrogen) atoms. The molecule has 0 bridgehead atoms. The van der Waals surface area contributed by atoms with Crippen molar-refractivity contribution in [1.82, 2.24) is 0 Å². The zero-order chi connectivity index (χ0) is 14.9. The zero-order valence-corrected chi connectivity index (χ0v) is 13.4. The minimum absolute atomic E-state index is 0.0599. The smallest absolute Gasteiger partial charge is 0.306 e. The first-order valence-electron chi connectivity index (χ1n) is 7.72. The molecule has 1 spiro atoms. The Morgan fingerprint density at radius 1 is 1.33 bits per heavy atom. The van der Waals surface area contributed by atoms with Gasteiger partial charge in [0.25, 0.3) is 0 Å². The van der Waals surface area contributed by atoms with Crippen molar-refractivity contribution in [3.8, 4) is 0 Å². The van der Waals surface area contributed by atoms with E-state index in [1.54, 1.807) is 0 Å². The Hall–Kier alpha value is -0.460. The molecule has 3 atom stereocenters. The minimum atomic E-state index is -0.897. The first kappa shape index (κ1) is 15.4. The molecule has 3 rings (SSSR count). The van der Waals surface area contributed by atoms with Gasteiger partial charge in [-0.3, -0.25) is 9.00 Å². The molecule has 3 unspecified atom stereocenters. The van der Waals surface area contributed by atoms with Crippen molar-refractivity contribution in [2.75, 3.05) is 32.7 Å². The largest absolute Gasteiger partial charge is 0.469 e. The van der Waals surface area contributed by atoms with E-state index < -0.39 is 10.8 Å². The Kier molecular flexibility index (Phi) is 4.39. The fourth-order valence-electron chi connectivity index (χ4n) is 3.42. The number of esters is 1. The average molecular weight is 316 g/mol. The van der Waals surface area contributed by atoms with Gasteiger partial charge in [0.05, 0.1) is 25.7 Å². The summed E-state index contributed by atoms with van der Waals surface area (Å²) in [4.78, 5) is 11.5. The molecule has 3 aliphatic rings. The van der Waals surface area contributed by atoms with E-state index in [-0.39, 0.29) is 22.2 Å². The molecular formula is C15H24O5S. The molecule has 2 saturated heterocycles. The van der Waals surface area contributed by atoms with Crippen LogP contribution < -0.4 is 0 Å². The number of methoxy groups -OCH3 is 1. The lowest BCUT2D eigenvalue weighted by molar-refractivity contribution is -0.141. The molecule has 0 aromatic rings. The summed E-state index contributed by atoms with van der Waals surface area (Å²) >= 11 is 0. The molecule has 0 aromatic carbocycles. The number of carbonyl (C=O) groups excluding carboxylic acids is 1. The second-order valence-electron chi connectivity index (χ2n) is 6.73. The summed E-state index contributed by atoms with van der Waals surface area (Å²) < 4.78 is 28.8. The highest BCUT2D eigenvalue weighted by Crippen LogP contribution is 2.50. The molecule has 5 nitrogen and oxygen atoms in total. The van der Waals surface area contributed by atoms with Crippen molar-refractivity contribution in [3.05, 3.63) is 0 Å². The van der Waals surface area contributed by atoms with Crippen LogP contribution in [-0.4, -0.2) is 53.7 Å². The van der Waals surface area contributed by atoms with Crippen LogP contribution in [0.5, 0.6) is 0 Å². The van der Waals surface area contributed by atoms with Crippen LogP contribution in [-0.2, 0) is 29.8 Å². The van der Waals surface area contributed by atoms with Crippen LogP contribution in [0.25, 0.3) is 0 Å². The lowest BCUT2D eigenvalue weighted by atomic mass is 9.93. The summed E-state index contributed by atoms with van der Waals surface area (Å²) in [6, 6.07) is 0. The first-order chi connectivity index (χ1) is 10.1. The Balaban J connectivity index is 1.57. The third kappa shape index (κ3) is 3.48. The maximum atomic E-state index is 12.7. The third-order valence-electron chi connectivity index (χ3n) is 5.04. The van der Waals surface area contributed by atoms with Crippen molar-refractivity contribution < 1.29 is 23.2 Å². The molecule has 120 valence electrons. The van der Waals surface area contributed by atoms with Crippen LogP contribution in [0, 0.1) is 5.41 Å². The van der Waals surface area contributed by atoms with Crippen LogP contribution >= 0.6 is 0 Å². The maximum absolute atomic E-state index is 12.7. The predicted octanol–water partition coefficient (Wildman–Crippen LogP) is 1.42. The normalized spacial score (nSPS) is 35.6. The van der Waals surface area contributed by atoms with E-state index in [0.717, 1.165) is 38.7 Å². The van der Waals surface area contributed by atoms with Crippen LogP contribution in [0.1, 0.15) is 38.5 Å². The van der Waals surface area contributed by atoms with Gasteiger partial charge in [0, 0.05) is 41.4 Å². The Morgan fingerprint density at radius 3 is 2.76 bits per heavy atom. The summed E-state index contributed by atoms with van der Waals surface area (Å²) in [5.41, 5.74) is -0.257. The fraction of sp³-hybridized carbons (Fsp3) is 0.933. The summed E-state index contributed by atoms with van der Waals surface area (Å²) in [5.74, 6) is 0.445. The first-order valence-corrected chi connectivity index (χ1v) is 9.10. The summed E-state index contributed by atoms with van der Waals surface area (Å²) in [7, 11) is 0.517. The van der Waals surface area contributed by atoms with Crippen molar-refractivity contribution in [3.63, 3.8) is 0 Å². The van der Waals surface area contributed by atoms with Crippen LogP contribution in [0.4, 0.5) is 0 Å². The van der Waals surface area contributed by atoms with Gasteiger partial charge in [0.1, 0.15) is 0 Å². The molecule has 6 heteroatoms. The summed E-state index contributed by atoms with van der Waals surface area (Å²) in [6.07, 6.45) is 4.98. The quantitative estimate of drug-likeness (QED) is 0.718. The van der Waals surface area contributed by atoms with Crippen LogP contribution in [0.2, 0.25) is 0 Å². The third-order valence-corrected chi connectivity index (χ3v) is 7.08. The van der Waals surface area contributed by atoms with Gasteiger partial charge in [-0.15, -0.1) is 0 Å². The van der Waals surface area contributed by atoms with Gasteiger partial charge < -0.3 is 14.2 Å². The summed E-state index contributed by atoms with van der Waals surface area (Å²) in [6.45, 7) is 2.05. The molecule has 0 aromatic heterocycles. The monoisotopic (exact) mass is 316 g/mol. The second kappa shape index (κ2) is 5.97. The van der Waals surface area contributed by atoms with Gasteiger partial charge in [0.15, 0.2) is 0 Å². The van der Waals surface area contributed by atoms with Crippen molar-refractivity contribution in [2.45, 2.75) is 49.4 Å². The van der Waals surface area contributed by atoms with E-state index >= 15 is 0 Å². The molecule has 1 aliphatic carbocycles. The average Bonchev–Trinajstić information content (AvgIpc) is 3.08. The standard InChI is InChI=1S/C15H24O5S/c1-18-13(16)9-14(3-4-14)11-21(17)12-2-6-20-15(8-12)5-7-19-10-15/h12H,2-11H2,1H3. The highest BCUT2D eigenvalue weighted by atomic mass is 32.2. The van der Waals surface area contributed by atoms with Gasteiger partial charge in [-0.1, -0.05) is 0 Å². The number of hydrogen-bond acceptors (Lipinski definition) is 5. The van der Waals surface area contributed by atoms with E-state index in [2.05, 4.69) is 0 Å². The number of rotatable bonds is 5. The minimum Gasteiger partial charge on any atom is -0.469 e. The predicted molar refractivity (Wildman–Crippen MR) is 78.5 cm³/mol. The molecular weight excluding hydrogens is 292 g/mol. The molecule has 0 radical (unpaired) electrons. The lowest BCUT2D eigenvalue weighted by Crippen LogP contribution is -2.44. The van der Waals surface area contributed by atoms with Crippen LogP contribution in [0.15, 0.2) is 0 Å². The van der Waals surface area contributed by atoms with E-state index in [4.69, 9.17) is 14.2 Å². The van der Waals surface area contributed by atoms with Crippen molar-refractivity contribution >= 4 is 16.8 Å². The van der Waals surface area contributed by atoms with E-state index in [1.165, 1.54) is 7.11 Å². The Morgan fingerprint density at radius 2 is 2.14 bits per heavy atom.